The van der Waals surface area contributed by atoms with Crippen LogP contribution in [0.25, 0.3) is 10.9 Å². The molecule has 1 aromatic carbocycles. The van der Waals surface area contributed by atoms with E-state index < -0.39 is 0 Å². The fourth-order valence-electron chi connectivity index (χ4n) is 3.85. The molecular formula is C19H25NO. The SMILES string of the molecule is CCCC1CCC(O)C(Cc2cccc3cccnc23)C1. The molecule has 3 unspecified atom stereocenters. The summed E-state index contributed by atoms with van der Waals surface area (Å²) in [6, 6.07) is 10.5. The minimum Gasteiger partial charge on any atom is -0.393 e. The average Bonchev–Trinajstić information content (AvgIpc) is 2.51. The van der Waals surface area contributed by atoms with E-state index in [0.29, 0.717) is 5.92 Å². The highest BCUT2D eigenvalue weighted by Gasteiger charge is 2.29. The maximum atomic E-state index is 10.4. The highest BCUT2D eigenvalue weighted by Crippen LogP contribution is 2.35. The van der Waals surface area contributed by atoms with Crippen LogP contribution in [0.4, 0.5) is 0 Å². The normalized spacial score (nSPS) is 26.1. The van der Waals surface area contributed by atoms with Gasteiger partial charge in [0.15, 0.2) is 0 Å². The number of hydrogen-bond donors (Lipinski definition) is 1. The van der Waals surface area contributed by atoms with Gasteiger partial charge < -0.3 is 5.11 Å². The van der Waals surface area contributed by atoms with Crippen molar-refractivity contribution in [1.82, 2.24) is 4.98 Å². The Morgan fingerprint density at radius 2 is 2.05 bits per heavy atom. The summed E-state index contributed by atoms with van der Waals surface area (Å²) < 4.78 is 0. The Hall–Kier alpha value is -1.41. The highest BCUT2D eigenvalue weighted by atomic mass is 16.3. The van der Waals surface area contributed by atoms with Crippen LogP contribution >= 0.6 is 0 Å². The summed E-state index contributed by atoms with van der Waals surface area (Å²) in [6.07, 6.45) is 8.56. The molecule has 1 heterocycles. The lowest BCUT2D eigenvalue weighted by atomic mass is 9.75. The van der Waals surface area contributed by atoms with E-state index in [0.717, 1.165) is 30.7 Å². The molecule has 1 saturated carbocycles. The molecule has 0 bridgehead atoms. The monoisotopic (exact) mass is 283 g/mol. The molecule has 1 fully saturated rings. The van der Waals surface area contributed by atoms with E-state index in [4.69, 9.17) is 0 Å². The van der Waals surface area contributed by atoms with Crippen LogP contribution in [0.15, 0.2) is 36.5 Å². The maximum Gasteiger partial charge on any atom is 0.0734 e. The van der Waals surface area contributed by atoms with E-state index in [1.165, 1.54) is 30.2 Å². The third-order valence-electron chi connectivity index (χ3n) is 4.95. The fourth-order valence-corrected chi connectivity index (χ4v) is 3.85. The Balaban J connectivity index is 1.80. The van der Waals surface area contributed by atoms with Crippen molar-refractivity contribution in [2.75, 3.05) is 0 Å². The van der Waals surface area contributed by atoms with Gasteiger partial charge in [0.1, 0.15) is 0 Å². The van der Waals surface area contributed by atoms with Crippen LogP contribution in [0, 0.1) is 11.8 Å². The Labute approximate surface area is 127 Å². The molecule has 2 aromatic rings. The first-order valence-electron chi connectivity index (χ1n) is 8.28. The van der Waals surface area contributed by atoms with Crippen molar-refractivity contribution in [2.45, 2.75) is 51.6 Å². The van der Waals surface area contributed by atoms with Gasteiger partial charge in [0.25, 0.3) is 0 Å². The van der Waals surface area contributed by atoms with E-state index in [1.807, 2.05) is 12.3 Å². The van der Waals surface area contributed by atoms with Crippen molar-refractivity contribution < 1.29 is 5.11 Å². The predicted molar refractivity (Wildman–Crippen MR) is 87.2 cm³/mol. The molecule has 0 spiro atoms. The van der Waals surface area contributed by atoms with E-state index in [9.17, 15) is 5.11 Å². The van der Waals surface area contributed by atoms with Gasteiger partial charge in [-0.15, -0.1) is 0 Å². The molecule has 0 saturated heterocycles. The Bertz CT molecular complexity index is 590. The average molecular weight is 283 g/mol. The predicted octanol–water partition coefficient (Wildman–Crippen LogP) is 4.35. The van der Waals surface area contributed by atoms with Crippen LogP contribution in [0.2, 0.25) is 0 Å². The third kappa shape index (κ3) is 3.26. The molecule has 0 amide bonds. The van der Waals surface area contributed by atoms with Crippen molar-refractivity contribution in [3.63, 3.8) is 0 Å². The second-order valence-electron chi connectivity index (χ2n) is 6.49. The first kappa shape index (κ1) is 14.5. The Morgan fingerprint density at radius 3 is 2.90 bits per heavy atom. The lowest BCUT2D eigenvalue weighted by molar-refractivity contribution is 0.0464. The van der Waals surface area contributed by atoms with Gasteiger partial charge in [-0.3, -0.25) is 4.98 Å². The van der Waals surface area contributed by atoms with Gasteiger partial charge in [-0.05, 0) is 49.1 Å². The molecule has 2 heteroatoms. The van der Waals surface area contributed by atoms with Gasteiger partial charge in [-0.1, -0.05) is 44.0 Å². The Morgan fingerprint density at radius 1 is 1.19 bits per heavy atom. The molecule has 0 aliphatic heterocycles. The molecule has 1 aliphatic carbocycles. The van der Waals surface area contributed by atoms with Gasteiger partial charge in [-0.25, -0.2) is 0 Å². The van der Waals surface area contributed by atoms with Crippen molar-refractivity contribution in [3.05, 3.63) is 42.1 Å². The van der Waals surface area contributed by atoms with Crippen LogP contribution in [0.5, 0.6) is 0 Å². The zero-order valence-electron chi connectivity index (χ0n) is 12.8. The van der Waals surface area contributed by atoms with Gasteiger partial charge >= 0.3 is 0 Å². The van der Waals surface area contributed by atoms with E-state index >= 15 is 0 Å². The summed E-state index contributed by atoms with van der Waals surface area (Å²) in [5.41, 5.74) is 2.39. The van der Waals surface area contributed by atoms with Crippen molar-refractivity contribution in [3.8, 4) is 0 Å². The van der Waals surface area contributed by atoms with Crippen LogP contribution in [0.1, 0.15) is 44.6 Å². The quantitative estimate of drug-likeness (QED) is 0.904. The molecule has 1 aliphatic rings. The number of benzene rings is 1. The van der Waals surface area contributed by atoms with E-state index in [1.54, 1.807) is 0 Å². The first-order chi connectivity index (χ1) is 10.3. The third-order valence-corrected chi connectivity index (χ3v) is 4.95. The van der Waals surface area contributed by atoms with Crippen molar-refractivity contribution in [2.24, 2.45) is 11.8 Å². The standard InChI is InChI=1S/C19H25NO/c1-2-5-14-9-10-18(21)17(12-14)13-16-7-3-6-15-8-4-11-20-19(15)16/h3-4,6-8,11,14,17-18,21H,2,5,9-10,12-13H2,1H3. The number of nitrogens with zero attached hydrogens (tertiary/aromatic N) is 1. The molecule has 21 heavy (non-hydrogen) atoms. The molecule has 1 N–H and O–H groups in total. The second kappa shape index (κ2) is 6.57. The largest absolute Gasteiger partial charge is 0.393 e. The number of para-hydroxylation sites is 1. The van der Waals surface area contributed by atoms with Gasteiger partial charge in [0.05, 0.1) is 11.6 Å². The van der Waals surface area contributed by atoms with Gasteiger partial charge in [-0.2, -0.15) is 0 Å². The number of rotatable bonds is 4. The second-order valence-corrected chi connectivity index (χ2v) is 6.49. The summed E-state index contributed by atoms with van der Waals surface area (Å²) in [7, 11) is 0. The lowest BCUT2D eigenvalue weighted by Gasteiger charge is -2.33. The zero-order valence-corrected chi connectivity index (χ0v) is 12.8. The molecular weight excluding hydrogens is 258 g/mol. The van der Waals surface area contributed by atoms with Crippen LogP contribution < -0.4 is 0 Å². The summed E-state index contributed by atoms with van der Waals surface area (Å²) in [5.74, 6) is 1.19. The molecule has 112 valence electrons. The van der Waals surface area contributed by atoms with Crippen LogP contribution in [-0.2, 0) is 6.42 Å². The number of aliphatic hydroxyl groups excluding tert-OH is 1. The van der Waals surface area contributed by atoms with Crippen molar-refractivity contribution in [1.29, 1.82) is 0 Å². The minimum absolute atomic E-state index is 0.142. The summed E-state index contributed by atoms with van der Waals surface area (Å²) in [5, 5.41) is 11.6. The number of hydrogen-bond acceptors (Lipinski definition) is 2. The number of aliphatic hydroxyl groups is 1. The van der Waals surface area contributed by atoms with Gasteiger partial charge in [0.2, 0.25) is 0 Å². The van der Waals surface area contributed by atoms with Gasteiger partial charge in [0, 0.05) is 11.6 Å². The summed E-state index contributed by atoms with van der Waals surface area (Å²) in [4.78, 5) is 4.55. The van der Waals surface area contributed by atoms with Crippen molar-refractivity contribution >= 4 is 10.9 Å². The van der Waals surface area contributed by atoms with Crippen LogP contribution in [-0.4, -0.2) is 16.2 Å². The zero-order chi connectivity index (χ0) is 14.7. The van der Waals surface area contributed by atoms with E-state index in [-0.39, 0.29) is 6.10 Å². The molecule has 3 rings (SSSR count). The fraction of sp³-hybridized carbons (Fsp3) is 0.526. The molecule has 2 nitrogen and oxygen atoms in total. The Kier molecular flexibility index (Phi) is 4.54. The minimum atomic E-state index is -0.142. The number of aromatic nitrogens is 1. The van der Waals surface area contributed by atoms with E-state index in [2.05, 4.69) is 36.2 Å². The first-order valence-corrected chi connectivity index (χ1v) is 8.28. The topological polar surface area (TPSA) is 33.1 Å². The highest BCUT2D eigenvalue weighted by molar-refractivity contribution is 5.81. The number of fused-ring (bicyclic) bond motifs is 1. The maximum absolute atomic E-state index is 10.4. The summed E-state index contributed by atoms with van der Waals surface area (Å²) in [6.45, 7) is 2.26. The lowest BCUT2D eigenvalue weighted by Crippen LogP contribution is -2.30. The van der Waals surface area contributed by atoms with Crippen LogP contribution in [0.3, 0.4) is 0 Å². The summed E-state index contributed by atoms with van der Waals surface area (Å²) >= 11 is 0. The number of pyridine rings is 1. The smallest absolute Gasteiger partial charge is 0.0734 e. The molecule has 3 atom stereocenters. The molecule has 0 radical (unpaired) electrons. The molecule has 1 aromatic heterocycles.